The van der Waals surface area contributed by atoms with Crippen LogP contribution in [0.25, 0.3) is 10.4 Å². The molecule has 35 heavy (non-hydrogen) atoms. The largest absolute Gasteiger partial charge is 0.506 e. The summed E-state index contributed by atoms with van der Waals surface area (Å²) in [6.07, 6.45) is 0. The molecule has 0 spiro atoms. The van der Waals surface area contributed by atoms with Crippen molar-refractivity contribution in [2.45, 2.75) is 13.5 Å². The fraction of sp³-hybridized carbons (Fsp3) is 0.0909. The Morgan fingerprint density at radius 3 is 2.51 bits per heavy atom. The van der Waals surface area contributed by atoms with Crippen molar-refractivity contribution in [3.63, 3.8) is 0 Å². The summed E-state index contributed by atoms with van der Waals surface area (Å²) in [4.78, 5) is 26.1. The van der Waals surface area contributed by atoms with Crippen molar-refractivity contribution in [3.05, 3.63) is 78.1 Å². The van der Waals surface area contributed by atoms with Gasteiger partial charge in [0.2, 0.25) is 0 Å². The third-order valence-electron chi connectivity index (χ3n) is 4.67. The lowest BCUT2D eigenvalue weighted by molar-refractivity contribution is 0.0947. The average Bonchev–Trinajstić information content (AvgIpc) is 3.57. The molecule has 0 saturated heterocycles. The first kappa shape index (κ1) is 25.2. The highest BCUT2D eigenvalue weighted by molar-refractivity contribution is 7.16. The molecule has 4 rings (SSSR count). The summed E-state index contributed by atoms with van der Waals surface area (Å²) < 4.78 is 4.93. The molecule has 3 N–H and O–H groups in total. The Morgan fingerprint density at radius 2 is 1.83 bits per heavy atom. The van der Waals surface area contributed by atoms with Crippen LogP contribution in [-0.4, -0.2) is 27.8 Å². The van der Waals surface area contributed by atoms with E-state index in [1.54, 1.807) is 30.5 Å². The Balaban J connectivity index is 1.40. The highest BCUT2D eigenvalue weighted by Gasteiger charge is 2.17. The highest BCUT2D eigenvalue weighted by atomic mass is 35.5. The van der Waals surface area contributed by atoms with Gasteiger partial charge in [-0.3, -0.25) is 9.59 Å². The van der Waals surface area contributed by atoms with Gasteiger partial charge in [-0.25, -0.2) is 5.43 Å². The van der Waals surface area contributed by atoms with Gasteiger partial charge in [0.05, 0.1) is 42.5 Å². The molecule has 13 heteroatoms. The number of benzene rings is 1. The molecule has 180 valence electrons. The van der Waals surface area contributed by atoms with Crippen LogP contribution in [0.3, 0.4) is 0 Å². The predicted molar refractivity (Wildman–Crippen MR) is 138 cm³/mol. The Morgan fingerprint density at radius 1 is 1.09 bits per heavy atom. The average molecular weight is 570 g/mol. The van der Waals surface area contributed by atoms with Crippen LogP contribution in [0.1, 0.15) is 37.6 Å². The van der Waals surface area contributed by atoms with Gasteiger partial charge in [0.25, 0.3) is 11.8 Å². The van der Waals surface area contributed by atoms with Crippen LogP contribution in [0.5, 0.6) is 5.75 Å². The fourth-order valence-corrected chi connectivity index (χ4v) is 5.18. The molecule has 2 amide bonds. The van der Waals surface area contributed by atoms with E-state index in [0.29, 0.717) is 47.3 Å². The van der Waals surface area contributed by atoms with E-state index in [1.807, 2.05) is 0 Å². The van der Waals surface area contributed by atoms with Crippen molar-refractivity contribution in [2.75, 3.05) is 0 Å². The zero-order valence-electron chi connectivity index (χ0n) is 17.8. The van der Waals surface area contributed by atoms with Crippen molar-refractivity contribution in [1.29, 1.82) is 0 Å². The first-order valence-corrected chi connectivity index (χ1v) is 12.7. The van der Waals surface area contributed by atoms with Crippen molar-refractivity contribution in [2.24, 2.45) is 5.10 Å². The molecule has 0 unspecified atom stereocenters. The van der Waals surface area contributed by atoms with Crippen LogP contribution in [-0.2, 0) is 6.54 Å². The number of nitrogens with one attached hydrogen (secondary N) is 2. The molecule has 0 aliphatic carbocycles. The van der Waals surface area contributed by atoms with Crippen LogP contribution < -0.4 is 10.7 Å². The molecule has 8 nitrogen and oxygen atoms in total. The van der Waals surface area contributed by atoms with Gasteiger partial charge in [-0.2, -0.15) is 5.10 Å². The second-order valence-electron chi connectivity index (χ2n) is 7.06. The van der Waals surface area contributed by atoms with E-state index in [4.69, 9.17) is 39.3 Å². The Bertz CT molecular complexity index is 1440. The zero-order chi connectivity index (χ0) is 25.1. The maximum absolute atomic E-state index is 12.5. The van der Waals surface area contributed by atoms with Gasteiger partial charge in [-0.05, 0) is 36.8 Å². The summed E-state index contributed by atoms with van der Waals surface area (Å²) in [5, 5.41) is 23.7. The number of carbonyl (C=O) groups is 2. The summed E-state index contributed by atoms with van der Waals surface area (Å²) >= 11 is 20.0. The molecule has 3 aromatic heterocycles. The number of hydrogen-bond donors (Lipinski definition) is 3. The predicted octanol–water partition coefficient (Wildman–Crippen LogP) is 6.21. The minimum Gasteiger partial charge on any atom is -0.506 e. The third kappa shape index (κ3) is 5.85. The zero-order valence-corrected chi connectivity index (χ0v) is 21.7. The van der Waals surface area contributed by atoms with Gasteiger partial charge in [0.1, 0.15) is 5.75 Å². The summed E-state index contributed by atoms with van der Waals surface area (Å²) in [6.45, 7) is 1.76. The van der Waals surface area contributed by atoms with Gasteiger partial charge < -0.3 is 14.9 Å². The van der Waals surface area contributed by atoms with E-state index >= 15 is 0 Å². The monoisotopic (exact) mass is 568 g/mol. The molecule has 0 radical (unpaired) electrons. The molecular weight excluding hydrogens is 555 g/mol. The maximum atomic E-state index is 12.5. The second kappa shape index (κ2) is 10.8. The van der Waals surface area contributed by atoms with E-state index in [9.17, 15) is 14.7 Å². The lowest BCUT2D eigenvalue weighted by Gasteiger charge is -2.04. The van der Waals surface area contributed by atoms with Gasteiger partial charge in [-0.15, -0.1) is 22.7 Å². The van der Waals surface area contributed by atoms with E-state index in [-0.39, 0.29) is 23.4 Å². The van der Waals surface area contributed by atoms with Gasteiger partial charge in [0.15, 0.2) is 10.9 Å². The first-order valence-electron chi connectivity index (χ1n) is 9.83. The van der Waals surface area contributed by atoms with Crippen molar-refractivity contribution >= 4 is 75.0 Å². The Hall–Kier alpha value is -2.89. The number of hydrogen-bond acceptors (Lipinski definition) is 8. The van der Waals surface area contributed by atoms with Crippen molar-refractivity contribution < 1.29 is 19.2 Å². The van der Waals surface area contributed by atoms with E-state index < -0.39 is 5.91 Å². The number of thiophene rings is 2. The number of rotatable bonds is 7. The SMILES string of the molecule is CC(=NNC(=O)c1ccc(C(=O)NCc2cc(Cl)no2)s1)c1csc(-c2ccc(Cl)c(Cl)c2)c1O. The van der Waals surface area contributed by atoms with Crippen molar-refractivity contribution in [3.8, 4) is 16.2 Å². The van der Waals surface area contributed by atoms with E-state index in [1.165, 1.54) is 29.5 Å². The number of amides is 2. The van der Waals surface area contributed by atoms with E-state index in [2.05, 4.69) is 21.0 Å². The lowest BCUT2D eigenvalue weighted by atomic mass is 10.1. The molecule has 4 aromatic rings. The number of hydrazone groups is 1. The highest BCUT2D eigenvalue weighted by Crippen LogP contribution is 2.40. The summed E-state index contributed by atoms with van der Waals surface area (Å²) in [7, 11) is 0. The summed E-state index contributed by atoms with van der Waals surface area (Å²) in [5.41, 5.74) is 4.03. The summed E-state index contributed by atoms with van der Waals surface area (Å²) in [5.74, 6) is -0.442. The van der Waals surface area contributed by atoms with Crippen LogP contribution in [0.2, 0.25) is 15.2 Å². The number of aromatic nitrogens is 1. The van der Waals surface area contributed by atoms with Crippen LogP contribution in [0.4, 0.5) is 0 Å². The maximum Gasteiger partial charge on any atom is 0.281 e. The first-order chi connectivity index (χ1) is 16.7. The normalized spacial score (nSPS) is 11.5. The number of nitrogens with zero attached hydrogens (tertiary/aromatic N) is 2. The Labute approximate surface area is 222 Å². The second-order valence-corrected chi connectivity index (χ2v) is 10.2. The van der Waals surface area contributed by atoms with Gasteiger partial charge >= 0.3 is 0 Å². The lowest BCUT2D eigenvalue weighted by Crippen LogP contribution is -2.21. The Kier molecular flexibility index (Phi) is 7.78. The molecule has 0 aliphatic heterocycles. The molecular formula is C22H15Cl3N4O4S2. The molecule has 0 atom stereocenters. The summed E-state index contributed by atoms with van der Waals surface area (Å²) in [6, 6.07) is 9.62. The molecule has 0 bridgehead atoms. The minimum atomic E-state index is -0.491. The van der Waals surface area contributed by atoms with Crippen LogP contribution >= 0.6 is 57.5 Å². The quantitative estimate of drug-likeness (QED) is 0.181. The topological polar surface area (TPSA) is 117 Å². The molecule has 3 heterocycles. The van der Waals surface area contributed by atoms with Gasteiger partial charge in [-0.1, -0.05) is 46.0 Å². The number of carbonyl (C=O) groups excluding carboxylic acids is 2. The van der Waals surface area contributed by atoms with E-state index in [0.717, 1.165) is 11.3 Å². The number of aromatic hydroxyl groups is 1. The molecule has 1 aromatic carbocycles. The molecule has 0 aliphatic rings. The minimum absolute atomic E-state index is 0.0204. The third-order valence-corrected chi connectivity index (χ3v) is 7.69. The molecule has 0 fully saturated rings. The molecule has 0 saturated carbocycles. The van der Waals surface area contributed by atoms with Crippen molar-refractivity contribution in [1.82, 2.24) is 15.9 Å². The van der Waals surface area contributed by atoms with Crippen LogP contribution in [0, 0.1) is 0 Å². The van der Waals surface area contributed by atoms with Crippen LogP contribution in [0.15, 0.2) is 51.4 Å². The smallest absolute Gasteiger partial charge is 0.281 e. The fourth-order valence-electron chi connectivity index (χ4n) is 2.91. The standard InChI is InChI=1S/C22H15Cl3N4O4S2/c1-10(13-9-34-20(19(13)30)11-2-3-14(23)15(24)6-11)27-28-22(32)17-5-4-16(35-17)21(31)26-8-12-7-18(25)29-33-12/h2-7,9,30H,8H2,1H3,(H,26,31)(H,28,32). The van der Waals surface area contributed by atoms with Gasteiger partial charge in [0, 0.05) is 11.4 Å². The number of halogens is 3.